The molecule has 0 radical (unpaired) electrons. The van der Waals surface area contributed by atoms with Crippen LogP contribution in [-0.4, -0.2) is 18.6 Å². The van der Waals surface area contributed by atoms with Crippen LogP contribution in [0.15, 0.2) is 18.2 Å². The van der Waals surface area contributed by atoms with Gasteiger partial charge in [0.1, 0.15) is 0 Å². The van der Waals surface area contributed by atoms with Crippen molar-refractivity contribution in [1.82, 2.24) is 10.3 Å². The lowest BCUT2D eigenvalue weighted by molar-refractivity contribution is 0.788. The normalized spacial score (nSPS) is 10.9. The number of thiazole rings is 1. The van der Waals surface area contributed by atoms with Crippen molar-refractivity contribution in [3.8, 4) is 11.3 Å². The first-order valence-corrected chi connectivity index (χ1v) is 7.12. The summed E-state index contributed by atoms with van der Waals surface area (Å²) in [5.41, 5.74) is 5.05. The molecule has 2 nitrogen and oxygen atoms in total. The number of nitrogens with zero attached hydrogens (tertiary/aromatic N) is 1. The molecular formula is C15H20N2S. The van der Waals surface area contributed by atoms with Crippen LogP contribution in [0.25, 0.3) is 11.3 Å². The van der Waals surface area contributed by atoms with Crippen LogP contribution >= 0.6 is 11.3 Å². The van der Waals surface area contributed by atoms with Gasteiger partial charge in [0.25, 0.3) is 0 Å². The number of likely N-dealkylation sites (N-methyl/N-ethyl adjacent to an activating group) is 1. The lowest BCUT2D eigenvalue weighted by Gasteiger charge is -2.03. The van der Waals surface area contributed by atoms with Gasteiger partial charge >= 0.3 is 0 Å². The highest BCUT2D eigenvalue weighted by atomic mass is 32.1. The topological polar surface area (TPSA) is 24.9 Å². The van der Waals surface area contributed by atoms with Crippen molar-refractivity contribution in [2.75, 3.05) is 13.6 Å². The molecule has 2 aromatic rings. The number of hydrogen-bond donors (Lipinski definition) is 1. The highest BCUT2D eigenvalue weighted by Gasteiger charge is 2.10. The zero-order valence-electron chi connectivity index (χ0n) is 11.5. The van der Waals surface area contributed by atoms with E-state index in [4.69, 9.17) is 4.98 Å². The zero-order valence-corrected chi connectivity index (χ0v) is 12.3. The van der Waals surface area contributed by atoms with Crippen molar-refractivity contribution < 1.29 is 0 Å². The maximum atomic E-state index is 4.77. The Kier molecular flexibility index (Phi) is 4.15. The second-order valence-corrected chi connectivity index (χ2v) is 5.95. The fourth-order valence-corrected chi connectivity index (χ4v) is 2.90. The van der Waals surface area contributed by atoms with E-state index in [1.807, 2.05) is 18.4 Å². The molecule has 1 heterocycles. The van der Waals surface area contributed by atoms with E-state index in [1.165, 1.54) is 26.6 Å². The van der Waals surface area contributed by atoms with Crippen LogP contribution < -0.4 is 5.32 Å². The molecule has 1 N–H and O–H groups in total. The van der Waals surface area contributed by atoms with Gasteiger partial charge in [-0.15, -0.1) is 11.3 Å². The van der Waals surface area contributed by atoms with Crippen LogP contribution in [0.3, 0.4) is 0 Å². The summed E-state index contributed by atoms with van der Waals surface area (Å²) in [6.07, 6.45) is 1.01. The number of nitrogens with one attached hydrogen (secondary N) is 1. The molecule has 3 heteroatoms. The van der Waals surface area contributed by atoms with E-state index >= 15 is 0 Å². The number of aryl methyl sites for hydroxylation is 3. The Morgan fingerprint density at radius 2 is 1.94 bits per heavy atom. The van der Waals surface area contributed by atoms with E-state index in [2.05, 4.69) is 44.3 Å². The third kappa shape index (κ3) is 2.79. The quantitative estimate of drug-likeness (QED) is 0.910. The lowest BCUT2D eigenvalue weighted by Crippen LogP contribution is -2.09. The molecule has 0 unspecified atom stereocenters. The Morgan fingerprint density at radius 3 is 2.61 bits per heavy atom. The van der Waals surface area contributed by atoms with Crippen molar-refractivity contribution in [2.24, 2.45) is 0 Å². The monoisotopic (exact) mass is 260 g/mol. The molecule has 0 saturated carbocycles. The van der Waals surface area contributed by atoms with E-state index in [0.717, 1.165) is 18.7 Å². The van der Waals surface area contributed by atoms with Crippen molar-refractivity contribution >= 4 is 11.3 Å². The van der Waals surface area contributed by atoms with E-state index in [0.29, 0.717) is 0 Å². The van der Waals surface area contributed by atoms with Crippen LogP contribution in [0.5, 0.6) is 0 Å². The molecule has 2 rings (SSSR count). The minimum atomic E-state index is 0.985. The van der Waals surface area contributed by atoms with Gasteiger partial charge in [-0.05, 0) is 45.0 Å². The van der Waals surface area contributed by atoms with Crippen LogP contribution in [0.4, 0.5) is 0 Å². The fourth-order valence-electron chi connectivity index (χ4n) is 1.95. The molecule has 0 bridgehead atoms. The van der Waals surface area contributed by atoms with Gasteiger partial charge in [0.05, 0.1) is 10.7 Å². The van der Waals surface area contributed by atoms with E-state index in [-0.39, 0.29) is 0 Å². The molecule has 0 spiro atoms. The first kappa shape index (κ1) is 13.2. The number of hydrogen-bond acceptors (Lipinski definition) is 3. The maximum absolute atomic E-state index is 4.77. The van der Waals surface area contributed by atoms with Gasteiger partial charge in [-0.2, -0.15) is 0 Å². The predicted octanol–water partition coefficient (Wildman–Crippen LogP) is 3.50. The first-order chi connectivity index (χ1) is 8.61. The summed E-state index contributed by atoms with van der Waals surface area (Å²) in [6, 6.07) is 6.59. The predicted molar refractivity (Wildman–Crippen MR) is 79.4 cm³/mol. The summed E-state index contributed by atoms with van der Waals surface area (Å²) in [5, 5.41) is 4.39. The van der Waals surface area contributed by atoms with Crippen LogP contribution in [-0.2, 0) is 6.42 Å². The van der Waals surface area contributed by atoms with Gasteiger partial charge in [0, 0.05) is 23.4 Å². The largest absolute Gasteiger partial charge is 0.319 e. The minimum Gasteiger partial charge on any atom is -0.319 e. The standard InChI is InChI=1S/C15H20N2S/c1-10-5-6-13(9-11(10)2)15-12(3)18-14(17-15)7-8-16-4/h5-6,9,16H,7-8H2,1-4H3. The average Bonchev–Trinajstić information content (AvgIpc) is 2.71. The molecule has 1 aromatic carbocycles. The second kappa shape index (κ2) is 5.63. The van der Waals surface area contributed by atoms with Gasteiger partial charge in [-0.1, -0.05) is 12.1 Å². The molecule has 0 aliphatic carbocycles. The fraction of sp³-hybridized carbons (Fsp3) is 0.400. The molecule has 0 atom stereocenters. The molecule has 0 aliphatic heterocycles. The summed E-state index contributed by atoms with van der Waals surface area (Å²) in [5.74, 6) is 0. The molecule has 1 aromatic heterocycles. The highest BCUT2D eigenvalue weighted by molar-refractivity contribution is 7.12. The Morgan fingerprint density at radius 1 is 1.17 bits per heavy atom. The summed E-state index contributed by atoms with van der Waals surface area (Å²) >= 11 is 1.81. The third-order valence-electron chi connectivity index (χ3n) is 3.21. The van der Waals surface area contributed by atoms with Crippen LogP contribution in [0.2, 0.25) is 0 Å². The second-order valence-electron chi connectivity index (χ2n) is 4.66. The van der Waals surface area contributed by atoms with E-state index in [1.54, 1.807) is 0 Å². The summed E-state index contributed by atoms with van der Waals surface area (Å²) in [7, 11) is 1.98. The van der Waals surface area contributed by atoms with Crippen molar-refractivity contribution in [3.05, 3.63) is 39.2 Å². The molecule has 96 valence electrons. The summed E-state index contributed by atoms with van der Waals surface area (Å²) in [6.45, 7) is 7.44. The van der Waals surface area contributed by atoms with Crippen LogP contribution in [0.1, 0.15) is 21.0 Å². The lowest BCUT2D eigenvalue weighted by atomic mass is 10.0. The molecule has 0 fully saturated rings. The Balaban J connectivity index is 2.32. The van der Waals surface area contributed by atoms with Gasteiger partial charge in [0.2, 0.25) is 0 Å². The van der Waals surface area contributed by atoms with Crippen molar-refractivity contribution in [3.63, 3.8) is 0 Å². The first-order valence-electron chi connectivity index (χ1n) is 6.30. The molecule has 0 amide bonds. The Bertz CT molecular complexity index is 543. The number of aromatic nitrogens is 1. The maximum Gasteiger partial charge on any atom is 0.0948 e. The van der Waals surface area contributed by atoms with Gasteiger partial charge < -0.3 is 5.32 Å². The van der Waals surface area contributed by atoms with Gasteiger partial charge in [-0.25, -0.2) is 4.98 Å². The summed E-state index contributed by atoms with van der Waals surface area (Å²) < 4.78 is 0. The SMILES string of the molecule is CNCCc1nc(-c2ccc(C)c(C)c2)c(C)s1. The van der Waals surface area contributed by atoms with Gasteiger partial charge in [0.15, 0.2) is 0 Å². The van der Waals surface area contributed by atoms with Crippen LogP contribution in [0, 0.1) is 20.8 Å². The summed E-state index contributed by atoms with van der Waals surface area (Å²) in [4.78, 5) is 6.08. The number of rotatable bonds is 4. The van der Waals surface area contributed by atoms with Crippen molar-refractivity contribution in [1.29, 1.82) is 0 Å². The zero-order chi connectivity index (χ0) is 13.1. The third-order valence-corrected chi connectivity index (χ3v) is 4.24. The Hall–Kier alpha value is -1.19. The minimum absolute atomic E-state index is 0.985. The Labute approximate surface area is 113 Å². The molecule has 0 saturated heterocycles. The number of benzene rings is 1. The molecule has 0 aliphatic rings. The van der Waals surface area contributed by atoms with Crippen molar-refractivity contribution in [2.45, 2.75) is 27.2 Å². The van der Waals surface area contributed by atoms with E-state index < -0.39 is 0 Å². The van der Waals surface area contributed by atoms with Gasteiger partial charge in [-0.3, -0.25) is 0 Å². The highest BCUT2D eigenvalue weighted by Crippen LogP contribution is 2.28. The molecule has 18 heavy (non-hydrogen) atoms. The molecular weight excluding hydrogens is 240 g/mol. The van der Waals surface area contributed by atoms with E-state index in [9.17, 15) is 0 Å². The smallest absolute Gasteiger partial charge is 0.0948 e. The average molecular weight is 260 g/mol.